The summed E-state index contributed by atoms with van der Waals surface area (Å²) in [6, 6.07) is 14.8. The maximum atomic E-state index is 12.8. The van der Waals surface area contributed by atoms with E-state index >= 15 is 0 Å². The van der Waals surface area contributed by atoms with Crippen LogP contribution in [0.1, 0.15) is 11.1 Å². The minimum absolute atomic E-state index is 0.216. The number of rotatable bonds is 4. The highest BCUT2D eigenvalue weighted by molar-refractivity contribution is 6.31. The highest BCUT2D eigenvalue weighted by Crippen LogP contribution is 2.20. The summed E-state index contributed by atoms with van der Waals surface area (Å²) in [5, 5.41) is 11.7. The lowest BCUT2D eigenvalue weighted by atomic mass is 10.1. The third kappa shape index (κ3) is 3.90. The summed E-state index contributed by atoms with van der Waals surface area (Å²) in [5.41, 5.74) is 4.14. The van der Waals surface area contributed by atoms with Gasteiger partial charge in [0, 0.05) is 16.3 Å². The van der Waals surface area contributed by atoms with Gasteiger partial charge in [-0.3, -0.25) is 9.59 Å². The van der Waals surface area contributed by atoms with E-state index in [9.17, 15) is 9.59 Å². The zero-order valence-corrected chi connectivity index (χ0v) is 16.6. The number of aryl methyl sites for hydroxylation is 2. The summed E-state index contributed by atoms with van der Waals surface area (Å²) in [6.45, 7) is 3.67. The number of halogens is 1. The van der Waals surface area contributed by atoms with Gasteiger partial charge >= 0.3 is 0 Å². The molecular formula is C21H18ClN5O2. The van der Waals surface area contributed by atoms with Crippen molar-refractivity contribution in [2.24, 2.45) is 0 Å². The molecule has 2 heterocycles. The summed E-state index contributed by atoms with van der Waals surface area (Å²) in [6.07, 6.45) is 1.42. The highest BCUT2D eigenvalue weighted by atomic mass is 35.5. The zero-order chi connectivity index (χ0) is 20.5. The Hall–Kier alpha value is -3.45. The Morgan fingerprint density at radius 1 is 1.10 bits per heavy atom. The third-order valence-electron chi connectivity index (χ3n) is 4.59. The number of aromatic nitrogens is 4. The van der Waals surface area contributed by atoms with Crippen LogP contribution in [0.15, 0.2) is 59.7 Å². The average Bonchev–Trinajstić information content (AvgIpc) is 3.13. The number of anilines is 1. The molecule has 29 heavy (non-hydrogen) atoms. The Kier molecular flexibility index (Phi) is 4.90. The van der Waals surface area contributed by atoms with Crippen LogP contribution in [0, 0.1) is 13.8 Å². The van der Waals surface area contributed by atoms with Crippen LogP contribution in [-0.4, -0.2) is 25.3 Å². The first-order chi connectivity index (χ1) is 13.9. The Labute approximate surface area is 171 Å². The van der Waals surface area contributed by atoms with E-state index in [-0.39, 0.29) is 12.5 Å². The number of carbonyl (C=O) groups is 1. The molecule has 0 saturated heterocycles. The lowest BCUT2D eigenvalue weighted by molar-refractivity contribution is -0.117. The highest BCUT2D eigenvalue weighted by Gasteiger charge is 2.13. The van der Waals surface area contributed by atoms with Crippen molar-refractivity contribution in [2.75, 3.05) is 5.32 Å². The van der Waals surface area contributed by atoms with E-state index in [4.69, 9.17) is 11.6 Å². The number of hydrogen-bond acceptors (Lipinski definition) is 4. The van der Waals surface area contributed by atoms with Crippen molar-refractivity contribution >= 4 is 28.7 Å². The molecule has 4 aromatic rings. The first kappa shape index (κ1) is 18.9. The molecule has 0 radical (unpaired) electrons. The van der Waals surface area contributed by atoms with Gasteiger partial charge in [0.05, 0.1) is 5.69 Å². The third-order valence-corrected chi connectivity index (χ3v) is 4.99. The molecule has 0 aliphatic rings. The number of hydrogen-bond donors (Lipinski definition) is 1. The van der Waals surface area contributed by atoms with Gasteiger partial charge in [-0.05, 0) is 37.6 Å². The van der Waals surface area contributed by atoms with Gasteiger partial charge in [-0.2, -0.15) is 10.2 Å². The quantitative estimate of drug-likeness (QED) is 0.561. The second kappa shape index (κ2) is 7.52. The molecule has 8 heteroatoms. The van der Waals surface area contributed by atoms with Crippen LogP contribution >= 0.6 is 11.6 Å². The van der Waals surface area contributed by atoms with Crippen LogP contribution in [0.5, 0.6) is 0 Å². The van der Waals surface area contributed by atoms with Crippen LogP contribution in [0.2, 0.25) is 5.02 Å². The van der Waals surface area contributed by atoms with Gasteiger partial charge in [0.2, 0.25) is 5.91 Å². The van der Waals surface area contributed by atoms with Gasteiger partial charge in [-0.25, -0.2) is 9.20 Å². The maximum absolute atomic E-state index is 12.8. The van der Waals surface area contributed by atoms with Crippen molar-refractivity contribution in [1.29, 1.82) is 0 Å². The minimum atomic E-state index is -0.393. The summed E-state index contributed by atoms with van der Waals surface area (Å²) >= 11 is 6.08. The summed E-state index contributed by atoms with van der Waals surface area (Å²) in [5.74, 6) is -0.373. The molecule has 1 amide bonds. The lowest BCUT2D eigenvalue weighted by Gasteiger charge is -2.08. The fraction of sp³-hybridized carbons (Fsp3) is 0.143. The van der Waals surface area contributed by atoms with Gasteiger partial charge in [0.25, 0.3) is 5.56 Å². The van der Waals surface area contributed by atoms with E-state index in [0.29, 0.717) is 21.9 Å². The van der Waals surface area contributed by atoms with Crippen LogP contribution in [0.3, 0.4) is 0 Å². The monoisotopic (exact) mass is 407 g/mol. The molecule has 146 valence electrons. The smallest absolute Gasteiger partial charge is 0.293 e. The number of nitrogens with zero attached hydrogens (tertiary/aromatic N) is 4. The molecule has 1 N–H and O–H groups in total. The van der Waals surface area contributed by atoms with Crippen LogP contribution in [0.25, 0.3) is 16.8 Å². The Morgan fingerprint density at radius 3 is 2.59 bits per heavy atom. The van der Waals surface area contributed by atoms with E-state index in [1.165, 1.54) is 10.8 Å². The Balaban J connectivity index is 1.58. The summed E-state index contributed by atoms with van der Waals surface area (Å²) in [4.78, 5) is 25.1. The molecule has 0 bridgehead atoms. The molecule has 0 saturated carbocycles. The molecule has 0 aliphatic heterocycles. The first-order valence-electron chi connectivity index (χ1n) is 8.99. The van der Waals surface area contributed by atoms with Crippen molar-refractivity contribution in [2.45, 2.75) is 20.4 Å². The predicted octanol–water partition coefficient (Wildman–Crippen LogP) is 3.47. The van der Waals surface area contributed by atoms with E-state index in [0.717, 1.165) is 21.4 Å². The second-order valence-electron chi connectivity index (χ2n) is 6.83. The number of benzene rings is 2. The van der Waals surface area contributed by atoms with Crippen molar-refractivity contribution in [3.63, 3.8) is 0 Å². The Morgan fingerprint density at radius 2 is 1.86 bits per heavy atom. The molecule has 0 unspecified atom stereocenters. The van der Waals surface area contributed by atoms with Crippen LogP contribution in [0.4, 0.5) is 5.69 Å². The molecule has 2 aromatic heterocycles. The fourth-order valence-corrected chi connectivity index (χ4v) is 3.10. The second-order valence-corrected chi connectivity index (χ2v) is 7.24. The zero-order valence-electron chi connectivity index (χ0n) is 15.9. The van der Waals surface area contributed by atoms with Gasteiger partial charge in [-0.15, -0.1) is 0 Å². The van der Waals surface area contributed by atoms with Gasteiger partial charge in [0.15, 0.2) is 0 Å². The maximum Gasteiger partial charge on any atom is 0.293 e. The van der Waals surface area contributed by atoms with Crippen molar-refractivity contribution in [3.05, 3.63) is 81.4 Å². The fourth-order valence-electron chi connectivity index (χ4n) is 2.92. The number of carbonyl (C=O) groups excluding carboxylic acids is 1. The molecule has 0 spiro atoms. The van der Waals surface area contributed by atoms with Gasteiger partial charge in [-0.1, -0.05) is 47.5 Å². The van der Waals surface area contributed by atoms with E-state index in [2.05, 4.69) is 15.5 Å². The minimum Gasteiger partial charge on any atom is -0.324 e. The summed E-state index contributed by atoms with van der Waals surface area (Å²) < 4.78 is 2.53. The number of fused-ring (bicyclic) bond motifs is 1. The molecule has 7 nitrogen and oxygen atoms in total. The van der Waals surface area contributed by atoms with Crippen molar-refractivity contribution < 1.29 is 4.79 Å². The summed E-state index contributed by atoms with van der Waals surface area (Å²) in [7, 11) is 0. The van der Waals surface area contributed by atoms with Crippen molar-refractivity contribution in [1.82, 2.24) is 19.4 Å². The van der Waals surface area contributed by atoms with Crippen molar-refractivity contribution in [3.8, 4) is 11.3 Å². The predicted molar refractivity (Wildman–Crippen MR) is 112 cm³/mol. The molecule has 4 rings (SSSR count). The molecule has 0 aliphatic carbocycles. The molecule has 0 fully saturated rings. The van der Waals surface area contributed by atoms with Gasteiger partial charge in [0.1, 0.15) is 18.4 Å². The SMILES string of the molecule is Cc1ccc(-c2cc3c(=O)n(CC(=O)Nc4ccc(C)c(Cl)c4)ncn3n2)cc1. The van der Waals surface area contributed by atoms with Crippen LogP contribution < -0.4 is 10.9 Å². The molecule has 0 atom stereocenters. The Bertz CT molecular complexity index is 1270. The standard InChI is InChI=1S/C21H18ClN5O2/c1-13-3-6-15(7-4-13)18-10-19-21(29)26(23-12-27(19)25-18)11-20(28)24-16-8-5-14(2)17(22)9-16/h3-10,12H,11H2,1-2H3,(H,24,28). The van der Waals surface area contributed by atoms with E-state index in [1.807, 2.05) is 44.2 Å². The van der Waals surface area contributed by atoms with Crippen LogP contribution in [-0.2, 0) is 11.3 Å². The number of nitrogens with one attached hydrogen (secondary N) is 1. The number of amides is 1. The lowest BCUT2D eigenvalue weighted by Crippen LogP contribution is -2.30. The molecular weight excluding hydrogens is 390 g/mol. The largest absolute Gasteiger partial charge is 0.324 e. The topological polar surface area (TPSA) is 81.3 Å². The average molecular weight is 408 g/mol. The van der Waals surface area contributed by atoms with E-state index in [1.54, 1.807) is 18.2 Å². The first-order valence-corrected chi connectivity index (χ1v) is 9.37. The van der Waals surface area contributed by atoms with E-state index < -0.39 is 5.56 Å². The molecule has 2 aromatic carbocycles. The van der Waals surface area contributed by atoms with Gasteiger partial charge < -0.3 is 5.32 Å². The normalized spacial score (nSPS) is 11.0.